The normalized spacial score (nSPS) is 16.0. The Labute approximate surface area is 97.0 Å². The van der Waals surface area contributed by atoms with Crippen LogP contribution < -0.4 is 5.32 Å². The van der Waals surface area contributed by atoms with E-state index in [4.69, 9.17) is 0 Å². The van der Waals surface area contributed by atoms with Crippen molar-refractivity contribution in [2.45, 2.75) is 73.3 Å². The van der Waals surface area contributed by atoms with Crippen LogP contribution in [0.25, 0.3) is 0 Å². The number of rotatable bonds is 8. The van der Waals surface area contributed by atoms with Crippen molar-refractivity contribution in [2.75, 3.05) is 6.54 Å². The van der Waals surface area contributed by atoms with Crippen molar-refractivity contribution in [1.29, 1.82) is 0 Å². The van der Waals surface area contributed by atoms with Crippen molar-refractivity contribution in [2.24, 2.45) is 11.3 Å². The fourth-order valence-electron chi connectivity index (χ4n) is 1.78. The third-order valence-corrected chi connectivity index (χ3v) is 3.35. The fourth-order valence-corrected chi connectivity index (χ4v) is 1.78. The highest BCUT2D eigenvalue weighted by Crippen LogP contribution is 2.28. The molecule has 1 unspecified atom stereocenters. The van der Waals surface area contributed by atoms with Crippen LogP contribution in [0.5, 0.6) is 0 Å². The second kappa shape index (κ2) is 7.27. The van der Waals surface area contributed by atoms with Gasteiger partial charge in [0.05, 0.1) is 0 Å². The predicted octanol–water partition coefficient (Wildman–Crippen LogP) is 4.23. The molecule has 1 N–H and O–H groups in total. The molecule has 0 aliphatic carbocycles. The maximum atomic E-state index is 3.58. The van der Waals surface area contributed by atoms with Gasteiger partial charge >= 0.3 is 0 Å². The summed E-state index contributed by atoms with van der Waals surface area (Å²) in [6.07, 6.45) is 5.39. The van der Waals surface area contributed by atoms with E-state index < -0.39 is 0 Å². The lowest BCUT2D eigenvalue weighted by Gasteiger charge is -2.30. The fraction of sp³-hybridized carbons (Fsp3) is 1.00. The summed E-state index contributed by atoms with van der Waals surface area (Å²) in [5.41, 5.74) is 0.499. The molecule has 0 radical (unpaired) electrons. The first-order valence-electron chi connectivity index (χ1n) is 6.63. The predicted molar refractivity (Wildman–Crippen MR) is 70.2 cm³/mol. The van der Waals surface area contributed by atoms with Crippen LogP contribution in [0.3, 0.4) is 0 Å². The van der Waals surface area contributed by atoms with Crippen LogP contribution >= 0.6 is 0 Å². The molecule has 15 heavy (non-hydrogen) atoms. The minimum Gasteiger partial charge on any atom is -0.314 e. The summed E-state index contributed by atoms with van der Waals surface area (Å²) in [5, 5.41) is 3.58. The highest BCUT2D eigenvalue weighted by Gasteiger charge is 2.21. The van der Waals surface area contributed by atoms with Gasteiger partial charge in [0.2, 0.25) is 0 Å². The molecule has 0 aromatic rings. The first kappa shape index (κ1) is 15.0. The molecule has 0 aromatic heterocycles. The number of hydrogen-bond acceptors (Lipinski definition) is 1. The van der Waals surface area contributed by atoms with E-state index >= 15 is 0 Å². The molecule has 0 aliphatic rings. The van der Waals surface area contributed by atoms with Gasteiger partial charge < -0.3 is 5.32 Å². The average Bonchev–Trinajstić information content (AvgIpc) is 2.14. The van der Waals surface area contributed by atoms with Crippen molar-refractivity contribution in [3.05, 3.63) is 0 Å². The summed E-state index contributed by atoms with van der Waals surface area (Å²) in [6.45, 7) is 15.0. The highest BCUT2D eigenvalue weighted by atomic mass is 14.9. The van der Waals surface area contributed by atoms with Crippen LogP contribution in [0.2, 0.25) is 0 Å². The van der Waals surface area contributed by atoms with Crippen LogP contribution in [-0.4, -0.2) is 12.6 Å². The molecule has 1 atom stereocenters. The number of nitrogens with one attached hydrogen (secondary N) is 1. The van der Waals surface area contributed by atoms with Crippen LogP contribution in [0, 0.1) is 11.3 Å². The first-order chi connectivity index (χ1) is 6.89. The quantitative estimate of drug-likeness (QED) is 0.636. The molecule has 0 aromatic carbocycles. The molecule has 0 saturated heterocycles. The molecule has 1 nitrogen and oxygen atoms in total. The van der Waals surface area contributed by atoms with Crippen LogP contribution in [0.15, 0.2) is 0 Å². The van der Waals surface area contributed by atoms with E-state index in [0.717, 1.165) is 5.92 Å². The molecular weight excluding hydrogens is 182 g/mol. The molecule has 0 heterocycles. The van der Waals surface area contributed by atoms with Crippen molar-refractivity contribution in [3.63, 3.8) is 0 Å². The Morgan fingerprint density at radius 2 is 1.73 bits per heavy atom. The third-order valence-electron chi connectivity index (χ3n) is 3.35. The van der Waals surface area contributed by atoms with Crippen LogP contribution in [0.4, 0.5) is 0 Å². The van der Waals surface area contributed by atoms with Gasteiger partial charge in [-0.15, -0.1) is 0 Å². The van der Waals surface area contributed by atoms with Gasteiger partial charge in [-0.25, -0.2) is 0 Å². The Balaban J connectivity index is 3.85. The van der Waals surface area contributed by atoms with E-state index in [1.165, 1.54) is 32.2 Å². The van der Waals surface area contributed by atoms with Gasteiger partial charge in [0.1, 0.15) is 0 Å². The third kappa shape index (κ3) is 7.84. The second-order valence-electron chi connectivity index (χ2n) is 5.99. The largest absolute Gasteiger partial charge is 0.314 e. The second-order valence-corrected chi connectivity index (χ2v) is 5.99. The van der Waals surface area contributed by atoms with Gasteiger partial charge in [-0.3, -0.25) is 0 Å². The molecule has 92 valence electrons. The van der Waals surface area contributed by atoms with E-state index in [1.807, 2.05) is 0 Å². The first-order valence-corrected chi connectivity index (χ1v) is 6.63. The zero-order valence-corrected chi connectivity index (χ0v) is 11.7. The molecule has 0 amide bonds. The summed E-state index contributed by atoms with van der Waals surface area (Å²) in [4.78, 5) is 0. The van der Waals surface area contributed by atoms with Gasteiger partial charge in [0.15, 0.2) is 0 Å². The van der Waals surface area contributed by atoms with Crippen molar-refractivity contribution >= 4 is 0 Å². The van der Waals surface area contributed by atoms with Gasteiger partial charge in [-0.2, -0.15) is 0 Å². The Kier molecular flexibility index (Phi) is 7.25. The van der Waals surface area contributed by atoms with Crippen LogP contribution in [-0.2, 0) is 0 Å². The smallest absolute Gasteiger partial charge is 0.00106 e. The Bertz CT molecular complexity index is 151. The Hall–Kier alpha value is -0.0400. The molecule has 0 saturated carbocycles. The standard InChI is InChI=1S/C14H31N/c1-7-14(6,11-15-13(4)5)10-8-9-12(2)3/h12-13,15H,7-11H2,1-6H3. The summed E-state index contributed by atoms with van der Waals surface area (Å²) in [7, 11) is 0. The lowest BCUT2D eigenvalue weighted by Crippen LogP contribution is -2.35. The van der Waals surface area contributed by atoms with Crippen molar-refractivity contribution < 1.29 is 0 Å². The molecule has 0 rings (SSSR count). The lowest BCUT2D eigenvalue weighted by atomic mass is 9.81. The van der Waals surface area contributed by atoms with E-state index in [-0.39, 0.29) is 0 Å². The zero-order valence-electron chi connectivity index (χ0n) is 11.7. The molecular formula is C14H31N. The molecule has 1 heteroatoms. The minimum absolute atomic E-state index is 0.499. The maximum absolute atomic E-state index is 3.58. The summed E-state index contributed by atoms with van der Waals surface area (Å²) >= 11 is 0. The van der Waals surface area contributed by atoms with Gasteiger partial charge in [-0.05, 0) is 24.2 Å². The summed E-state index contributed by atoms with van der Waals surface area (Å²) < 4.78 is 0. The molecule has 0 aliphatic heterocycles. The van der Waals surface area contributed by atoms with E-state index in [0.29, 0.717) is 11.5 Å². The maximum Gasteiger partial charge on any atom is 0.00106 e. The highest BCUT2D eigenvalue weighted by molar-refractivity contribution is 4.76. The van der Waals surface area contributed by atoms with E-state index in [1.54, 1.807) is 0 Å². The minimum atomic E-state index is 0.499. The van der Waals surface area contributed by atoms with E-state index in [2.05, 4.69) is 46.9 Å². The van der Waals surface area contributed by atoms with Gasteiger partial charge in [0, 0.05) is 12.6 Å². The van der Waals surface area contributed by atoms with Crippen molar-refractivity contribution in [1.82, 2.24) is 5.32 Å². The van der Waals surface area contributed by atoms with E-state index in [9.17, 15) is 0 Å². The van der Waals surface area contributed by atoms with Gasteiger partial charge in [0.25, 0.3) is 0 Å². The Morgan fingerprint density at radius 1 is 1.13 bits per heavy atom. The number of hydrogen-bond donors (Lipinski definition) is 1. The SMILES string of the molecule is CCC(C)(CCCC(C)C)CNC(C)C. The molecule has 0 bridgehead atoms. The lowest BCUT2D eigenvalue weighted by molar-refractivity contribution is 0.248. The molecule has 0 fully saturated rings. The van der Waals surface area contributed by atoms with Gasteiger partial charge in [-0.1, -0.05) is 54.4 Å². The van der Waals surface area contributed by atoms with Crippen molar-refractivity contribution in [3.8, 4) is 0 Å². The summed E-state index contributed by atoms with van der Waals surface area (Å²) in [6, 6.07) is 0.612. The summed E-state index contributed by atoms with van der Waals surface area (Å²) in [5.74, 6) is 0.851. The average molecular weight is 213 g/mol. The zero-order chi connectivity index (χ0) is 11.9. The van der Waals surface area contributed by atoms with Crippen LogP contribution in [0.1, 0.15) is 67.2 Å². The molecule has 0 spiro atoms. The topological polar surface area (TPSA) is 12.0 Å². The monoisotopic (exact) mass is 213 g/mol. The Morgan fingerprint density at radius 3 is 2.13 bits per heavy atom.